The number of ether oxygens (including phenoxy) is 6. The number of aliphatic hydroxyl groups is 2. The first-order valence-electron chi connectivity index (χ1n) is 17.7. The molecule has 0 amide bonds. The standard InChI is InChI=1S/C20H36O6.C17H32O6/c1-8-20(6,17(22)23-7)14-18(2,3)16(21)24-12-10-9-11-15-13-25-19(4,5)26-15;1-6-17(4,15(21)22-5)12-16(2,3)14(20)23-10-8-7-9-13(19)11-18/h15H,8-14H2,1-7H3;13,18-19H,6-12H2,1-5H3. The molecule has 1 rings (SSSR count). The van der Waals surface area contributed by atoms with Gasteiger partial charge in [0.15, 0.2) is 5.79 Å². The fourth-order valence-electron chi connectivity index (χ4n) is 5.94. The Balaban J connectivity index is 0.000000949. The SMILES string of the molecule is CCC(C)(CC(C)(C)C(=O)OCCCCC(O)CO)C(=O)OC.CCC(C)(CC(C)(C)C(=O)OCCCCC1COC(C)(C)O1)C(=O)OC. The van der Waals surface area contributed by atoms with Gasteiger partial charge in [-0.1, -0.05) is 13.8 Å². The number of unbranched alkanes of at least 4 members (excludes halogenated alkanes) is 2. The third-order valence-electron chi connectivity index (χ3n) is 9.28. The van der Waals surface area contributed by atoms with Gasteiger partial charge < -0.3 is 38.6 Å². The van der Waals surface area contributed by atoms with Crippen molar-refractivity contribution in [1.29, 1.82) is 0 Å². The summed E-state index contributed by atoms with van der Waals surface area (Å²) in [6, 6.07) is 0. The van der Waals surface area contributed by atoms with Crippen LogP contribution in [0.2, 0.25) is 0 Å². The predicted octanol–water partition coefficient (Wildman–Crippen LogP) is 5.92. The van der Waals surface area contributed by atoms with E-state index in [1.807, 2.05) is 48.5 Å². The molecule has 1 aliphatic rings. The molecule has 1 aliphatic heterocycles. The molecular weight excluding hydrogens is 636 g/mol. The molecule has 1 saturated heterocycles. The Labute approximate surface area is 295 Å². The van der Waals surface area contributed by atoms with Crippen LogP contribution in [0.5, 0.6) is 0 Å². The minimum absolute atomic E-state index is 0.113. The summed E-state index contributed by atoms with van der Waals surface area (Å²) >= 11 is 0. The van der Waals surface area contributed by atoms with Crippen molar-refractivity contribution < 1.29 is 57.8 Å². The first-order chi connectivity index (χ1) is 22.6. The third-order valence-corrected chi connectivity index (χ3v) is 9.28. The lowest BCUT2D eigenvalue weighted by Gasteiger charge is -2.33. The highest BCUT2D eigenvalue weighted by molar-refractivity contribution is 5.81. The largest absolute Gasteiger partial charge is 0.469 e. The van der Waals surface area contributed by atoms with E-state index in [9.17, 15) is 24.3 Å². The topological polar surface area (TPSA) is 164 Å². The maximum atomic E-state index is 12.5. The van der Waals surface area contributed by atoms with Crippen molar-refractivity contribution in [3.63, 3.8) is 0 Å². The molecule has 12 nitrogen and oxygen atoms in total. The monoisotopic (exact) mass is 704 g/mol. The van der Waals surface area contributed by atoms with Gasteiger partial charge in [0.25, 0.3) is 0 Å². The molecule has 0 aromatic carbocycles. The van der Waals surface area contributed by atoms with E-state index in [-0.39, 0.29) is 43.2 Å². The van der Waals surface area contributed by atoms with E-state index >= 15 is 0 Å². The van der Waals surface area contributed by atoms with Crippen LogP contribution in [0.25, 0.3) is 0 Å². The lowest BCUT2D eigenvalue weighted by molar-refractivity contribution is -0.163. The van der Waals surface area contributed by atoms with Gasteiger partial charge in [-0.05, 0) is 120 Å². The highest BCUT2D eigenvalue weighted by Gasteiger charge is 2.43. The molecule has 288 valence electrons. The van der Waals surface area contributed by atoms with Crippen LogP contribution < -0.4 is 0 Å². The van der Waals surface area contributed by atoms with Crippen LogP contribution in [0.4, 0.5) is 0 Å². The zero-order valence-corrected chi connectivity index (χ0v) is 32.5. The van der Waals surface area contributed by atoms with Crippen molar-refractivity contribution in [3.05, 3.63) is 0 Å². The van der Waals surface area contributed by atoms with Gasteiger partial charge in [0.1, 0.15) is 0 Å². The van der Waals surface area contributed by atoms with Crippen LogP contribution in [-0.2, 0) is 47.6 Å². The van der Waals surface area contributed by atoms with Gasteiger partial charge in [-0.25, -0.2) is 0 Å². The molecule has 1 heterocycles. The molecule has 0 aromatic rings. The first-order valence-corrected chi connectivity index (χ1v) is 17.7. The van der Waals surface area contributed by atoms with Crippen molar-refractivity contribution in [2.75, 3.05) is 40.6 Å². The molecule has 0 bridgehead atoms. The molecule has 0 aromatic heterocycles. The molecule has 0 spiro atoms. The molecule has 1 fully saturated rings. The van der Waals surface area contributed by atoms with E-state index in [1.165, 1.54) is 14.2 Å². The molecule has 49 heavy (non-hydrogen) atoms. The van der Waals surface area contributed by atoms with Crippen molar-refractivity contribution in [2.24, 2.45) is 21.7 Å². The third kappa shape index (κ3) is 16.5. The molecule has 0 radical (unpaired) electrons. The zero-order valence-electron chi connectivity index (χ0n) is 32.5. The van der Waals surface area contributed by atoms with Crippen LogP contribution in [0.15, 0.2) is 0 Å². The smallest absolute Gasteiger partial charge is 0.311 e. The second-order valence-corrected chi connectivity index (χ2v) is 15.5. The number of methoxy groups -OCH3 is 2. The minimum atomic E-state index is -0.788. The molecule has 4 unspecified atom stereocenters. The number of hydrogen-bond donors (Lipinski definition) is 2. The lowest BCUT2D eigenvalue weighted by Crippen LogP contribution is -2.38. The second-order valence-electron chi connectivity index (χ2n) is 15.5. The summed E-state index contributed by atoms with van der Waals surface area (Å²) in [5.41, 5.74) is -2.94. The quantitative estimate of drug-likeness (QED) is 0.0825. The fourth-order valence-corrected chi connectivity index (χ4v) is 5.94. The van der Waals surface area contributed by atoms with Crippen LogP contribution in [-0.4, -0.2) is 92.7 Å². The number of rotatable bonds is 21. The van der Waals surface area contributed by atoms with Gasteiger partial charge in [0.05, 0.1) is 74.5 Å². The highest BCUT2D eigenvalue weighted by Crippen LogP contribution is 2.39. The van der Waals surface area contributed by atoms with Gasteiger partial charge in [-0.3, -0.25) is 19.2 Å². The van der Waals surface area contributed by atoms with E-state index in [0.29, 0.717) is 58.2 Å². The molecule has 4 atom stereocenters. The van der Waals surface area contributed by atoms with Gasteiger partial charge in [0, 0.05) is 0 Å². The summed E-state index contributed by atoms with van der Waals surface area (Å²) in [5.74, 6) is -1.72. The predicted molar refractivity (Wildman–Crippen MR) is 185 cm³/mol. The van der Waals surface area contributed by atoms with E-state index < -0.39 is 33.6 Å². The Morgan fingerprint density at radius 3 is 1.53 bits per heavy atom. The number of aliphatic hydroxyl groups excluding tert-OH is 2. The van der Waals surface area contributed by atoms with E-state index in [1.54, 1.807) is 20.8 Å². The number of carbonyl (C=O) groups excluding carboxylic acids is 4. The first kappa shape index (κ1) is 46.7. The van der Waals surface area contributed by atoms with Crippen LogP contribution in [0, 0.1) is 21.7 Å². The second kappa shape index (κ2) is 21.2. The van der Waals surface area contributed by atoms with Crippen LogP contribution in [0.3, 0.4) is 0 Å². The van der Waals surface area contributed by atoms with Crippen molar-refractivity contribution in [3.8, 4) is 0 Å². The molecule has 0 aliphatic carbocycles. The maximum absolute atomic E-state index is 12.5. The number of hydrogen-bond acceptors (Lipinski definition) is 12. The maximum Gasteiger partial charge on any atom is 0.311 e. The summed E-state index contributed by atoms with van der Waals surface area (Å²) in [5, 5.41) is 17.9. The Morgan fingerprint density at radius 2 is 1.18 bits per heavy atom. The number of esters is 4. The summed E-state index contributed by atoms with van der Waals surface area (Å²) in [7, 11) is 2.73. The Kier molecular flexibility index (Phi) is 20.2. The van der Waals surface area contributed by atoms with Crippen molar-refractivity contribution >= 4 is 23.9 Å². The average molecular weight is 705 g/mol. The van der Waals surface area contributed by atoms with Crippen molar-refractivity contribution in [1.82, 2.24) is 0 Å². The zero-order chi connectivity index (χ0) is 38.1. The fraction of sp³-hybridized carbons (Fsp3) is 0.892. The van der Waals surface area contributed by atoms with Gasteiger partial charge >= 0.3 is 23.9 Å². The summed E-state index contributed by atoms with van der Waals surface area (Å²) in [6.07, 6.45) is 5.69. The Morgan fingerprint density at radius 1 is 0.755 bits per heavy atom. The van der Waals surface area contributed by atoms with E-state index in [2.05, 4.69) is 0 Å². The summed E-state index contributed by atoms with van der Waals surface area (Å²) in [6.45, 7) is 19.4. The molecule has 0 saturated carbocycles. The van der Waals surface area contributed by atoms with Gasteiger partial charge in [0.2, 0.25) is 0 Å². The Hall–Kier alpha value is -2.28. The normalized spacial score (nSPS) is 18.9. The minimum Gasteiger partial charge on any atom is -0.469 e. The lowest BCUT2D eigenvalue weighted by atomic mass is 9.72. The van der Waals surface area contributed by atoms with Crippen LogP contribution in [0.1, 0.15) is 133 Å². The molecular formula is C37H68O12. The average Bonchev–Trinajstić information content (AvgIpc) is 3.40. The van der Waals surface area contributed by atoms with E-state index in [0.717, 1.165) is 19.3 Å². The molecule has 12 heteroatoms. The van der Waals surface area contributed by atoms with Gasteiger partial charge in [-0.2, -0.15) is 0 Å². The molecule has 2 N–H and O–H groups in total. The highest BCUT2D eigenvalue weighted by atomic mass is 16.7. The van der Waals surface area contributed by atoms with Gasteiger partial charge in [-0.15, -0.1) is 0 Å². The summed E-state index contributed by atoms with van der Waals surface area (Å²) in [4.78, 5) is 48.7. The van der Waals surface area contributed by atoms with E-state index in [4.69, 9.17) is 33.5 Å². The Bertz CT molecular complexity index is 1020. The number of carbonyl (C=O) groups is 4. The van der Waals surface area contributed by atoms with Crippen molar-refractivity contribution in [2.45, 2.75) is 151 Å². The van der Waals surface area contributed by atoms with Crippen LogP contribution >= 0.6 is 0 Å². The summed E-state index contributed by atoms with van der Waals surface area (Å²) < 4.78 is 31.8.